The van der Waals surface area contributed by atoms with E-state index < -0.39 is 15.9 Å². The van der Waals surface area contributed by atoms with E-state index in [1.54, 1.807) is 43.3 Å². The molecule has 0 saturated carbocycles. The van der Waals surface area contributed by atoms with E-state index in [2.05, 4.69) is 4.72 Å². The Labute approximate surface area is 136 Å². The lowest BCUT2D eigenvalue weighted by molar-refractivity contribution is 0.0976. The Morgan fingerprint density at radius 2 is 1.83 bits per heavy atom. The van der Waals surface area contributed by atoms with Gasteiger partial charge in [-0.15, -0.1) is 0 Å². The quantitative estimate of drug-likeness (QED) is 0.913. The van der Waals surface area contributed by atoms with Crippen molar-refractivity contribution in [2.75, 3.05) is 7.11 Å². The summed E-state index contributed by atoms with van der Waals surface area (Å²) >= 11 is 0. The summed E-state index contributed by atoms with van der Waals surface area (Å²) in [7, 11) is -2.41. The largest absolute Gasteiger partial charge is 0.380 e. The van der Waals surface area contributed by atoms with Gasteiger partial charge in [-0.05, 0) is 37.1 Å². The number of ether oxygens (including phenoxy) is 1. The predicted octanol–water partition coefficient (Wildman–Crippen LogP) is 2.57. The van der Waals surface area contributed by atoms with E-state index >= 15 is 0 Å². The molecule has 0 fully saturated rings. The molecule has 0 saturated heterocycles. The number of carbonyl (C=O) groups excluding carboxylic acids is 1. The Bertz CT molecular complexity index is 828. The zero-order chi connectivity index (χ0) is 17.0. The van der Waals surface area contributed by atoms with E-state index in [-0.39, 0.29) is 17.1 Å². The molecule has 23 heavy (non-hydrogen) atoms. The number of rotatable bonds is 5. The number of methoxy groups -OCH3 is 1. The fourth-order valence-electron chi connectivity index (χ4n) is 2.36. The second kappa shape index (κ2) is 6.93. The number of aryl methyl sites for hydroxylation is 2. The third-order valence-corrected chi connectivity index (χ3v) is 4.90. The number of hydrogen-bond donors (Lipinski definition) is 1. The van der Waals surface area contributed by atoms with Gasteiger partial charge < -0.3 is 4.74 Å². The highest BCUT2D eigenvalue weighted by molar-refractivity contribution is 7.90. The Morgan fingerprint density at radius 3 is 2.48 bits per heavy atom. The first-order chi connectivity index (χ1) is 10.8. The topological polar surface area (TPSA) is 72.5 Å². The minimum Gasteiger partial charge on any atom is -0.380 e. The molecule has 1 N–H and O–H groups in total. The van der Waals surface area contributed by atoms with Crippen molar-refractivity contribution >= 4 is 15.9 Å². The van der Waals surface area contributed by atoms with Gasteiger partial charge in [-0.3, -0.25) is 4.79 Å². The van der Waals surface area contributed by atoms with E-state index in [9.17, 15) is 13.2 Å². The number of amides is 1. The molecule has 5 nitrogen and oxygen atoms in total. The van der Waals surface area contributed by atoms with E-state index in [0.29, 0.717) is 11.1 Å². The molecule has 2 aromatic rings. The van der Waals surface area contributed by atoms with E-state index in [1.807, 2.05) is 6.92 Å². The molecule has 2 aromatic carbocycles. The van der Waals surface area contributed by atoms with Crippen LogP contribution in [0, 0.1) is 13.8 Å². The van der Waals surface area contributed by atoms with Crippen molar-refractivity contribution in [2.24, 2.45) is 0 Å². The molecule has 0 aliphatic carbocycles. The number of hydrogen-bond acceptors (Lipinski definition) is 4. The van der Waals surface area contributed by atoms with Gasteiger partial charge in [0.05, 0.1) is 11.5 Å². The first-order valence-corrected chi connectivity index (χ1v) is 8.54. The molecule has 1 amide bonds. The first-order valence-electron chi connectivity index (χ1n) is 7.06. The number of nitrogens with one attached hydrogen (secondary N) is 1. The van der Waals surface area contributed by atoms with Gasteiger partial charge in [-0.1, -0.05) is 35.9 Å². The second-order valence-electron chi connectivity index (χ2n) is 5.29. The second-order valence-corrected chi connectivity index (χ2v) is 6.94. The zero-order valence-electron chi connectivity index (χ0n) is 13.3. The van der Waals surface area contributed by atoms with Crippen LogP contribution in [0.3, 0.4) is 0 Å². The molecular weight excluding hydrogens is 314 g/mol. The summed E-state index contributed by atoms with van der Waals surface area (Å²) in [6, 6.07) is 11.7. The maximum atomic E-state index is 12.5. The van der Waals surface area contributed by atoms with Gasteiger partial charge in [-0.25, -0.2) is 13.1 Å². The lowest BCUT2D eigenvalue weighted by atomic mass is 10.1. The summed E-state index contributed by atoms with van der Waals surface area (Å²) in [5.74, 6) is -0.669. The smallest absolute Gasteiger partial charge is 0.265 e. The highest BCUT2D eigenvalue weighted by atomic mass is 32.2. The molecule has 0 radical (unpaired) electrons. The summed E-state index contributed by atoms with van der Waals surface area (Å²) in [6.45, 7) is 3.81. The Morgan fingerprint density at radius 1 is 1.13 bits per heavy atom. The summed E-state index contributed by atoms with van der Waals surface area (Å²) in [6.07, 6.45) is 0. The summed E-state index contributed by atoms with van der Waals surface area (Å²) in [4.78, 5) is 12.5. The van der Waals surface area contributed by atoms with Crippen molar-refractivity contribution in [3.63, 3.8) is 0 Å². The van der Waals surface area contributed by atoms with Gasteiger partial charge in [-0.2, -0.15) is 0 Å². The van der Waals surface area contributed by atoms with Crippen LogP contribution in [0.25, 0.3) is 0 Å². The van der Waals surface area contributed by atoms with Crippen LogP contribution in [-0.2, 0) is 21.4 Å². The highest BCUT2D eigenvalue weighted by Crippen LogP contribution is 2.17. The van der Waals surface area contributed by atoms with E-state index in [0.717, 1.165) is 5.56 Å². The molecule has 0 unspecified atom stereocenters. The monoisotopic (exact) mass is 333 g/mol. The number of carbonyl (C=O) groups is 1. The molecule has 6 heteroatoms. The highest BCUT2D eigenvalue weighted by Gasteiger charge is 2.22. The van der Waals surface area contributed by atoms with Crippen LogP contribution in [0.2, 0.25) is 0 Å². The lowest BCUT2D eigenvalue weighted by Gasteiger charge is -2.12. The SMILES string of the molecule is COCc1ccccc1C(=O)NS(=O)(=O)c1ccc(C)cc1C. The van der Waals surface area contributed by atoms with Crippen LogP contribution in [-0.4, -0.2) is 21.4 Å². The van der Waals surface area contributed by atoms with Crippen LogP contribution in [0.4, 0.5) is 0 Å². The van der Waals surface area contributed by atoms with Crippen molar-refractivity contribution in [3.05, 3.63) is 64.7 Å². The van der Waals surface area contributed by atoms with Gasteiger partial charge in [0.25, 0.3) is 15.9 Å². The Balaban J connectivity index is 2.32. The molecular formula is C17H19NO4S. The predicted molar refractivity (Wildman–Crippen MR) is 87.7 cm³/mol. The summed E-state index contributed by atoms with van der Waals surface area (Å²) in [5.41, 5.74) is 2.46. The minimum atomic E-state index is -3.93. The number of benzene rings is 2. The van der Waals surface area contributed by atoms with Crippen molar-refractivity contribution in [3.8, 4) is 0 Å². The van der Waals surface area contributed by atoms with Crippen LogP contribution in [0.15, 0.2) is 47.4 Å². The van der Waals surface area contributed by atoms with Gasteiger partial charge >= 0.3 is 0 Å². The lowest BCUT2D eigenvalue weighted by Crippen LogP contribution is -2.31. The van der Waals surface area contributed by atoms with Gasteiger partial charge in [0, 0.05) is 12.7 Å². The van der Waals surface area contributed by atoms with Crippen molar-refractivity contribution in [1.82, 2.24) is 4.72 Å². The van der Waals surface area contributed by atoms with Gasteiger partial charge in [0.2, 0.25) is 0 Å². The van der Waals surface area contributed by atoms with Crippen LogP contribution < -0.4 is 4.72 Å². The van der Waals surface area contributed by atoms with Gasteiger partial charge in [0.15, 0.2) is 0 Å². The van der Waals surface area contributed by atoms with Crippen molar-refractivity contribution < 1.29 is 17.9 Å². The molecule has 0 bridgehead atoms. The normalized spacial score (nSPS) is 11.3. The standard InChI is InChI=1S/C17H19NO4S/c1-12-8-9-16(13(2)10-12)23(20,21)18-17(19)15-7-5-4-6-14(15)11-22-3/h4-10H,11H2,1-3H3,(H,18,19). The third-order valence-electron chi connectivity index (χ3n) is 3.41. The Hall–Kier alpha value is -2.18. The average Bonchev–Trinajstić information content (AvgIpc) is 2.47. The minimum absolute atomic E-state index is 0.0978. The van der Waals surface area contributed by atoms with Crippen LogP contribution in [0.1, 0.15) is 27.0 Å². The average molecular weight is 333 g/mol. The summed E-state index contributed by atoms with van der Waals surface area (Å²) in [5, 5.41) is 0. The molecule has 0 aromatic heterocycles. The summed E-state index contributed by atoms with van der Waals surface area (Å²) < 4.78 is 32.1. The zero-order valence-corrected chi connectivity index (χ0v) is 14.1. The van der Waals surface area contributed by atoms with Gasteiger partial charge in [0.1, 0.15) is 0 Å². The molecule has 0 atom stereocenters. The molecule has 0 aliphatic rings. The van der Waals surface area contributed by atoms with Crippen molar-refractivity contribution in [1.29, 1.82) is 0 Å². The maximum absolute atomic E-state index is 12.5. The first kappa shape index (κ1) is 17.2. The molecule has 0 aliphatic heterocycles. The Kier molecular flexibility index (Phi) is 5.18. The molecule has 0 heterocycles. The van der Waals surface area contributed by atoms with E-state index in [4.69, 9.17) is 4.74 Å². The van der Waals surface area contributed by atoms with Crippen LogP contribution in [0.5, 0.6) is 0 Å². The third kappa shape index (κ3) is 3.97. The fourth-order valence-corrected chi connectivity index (χ4v) is 3.55. The fraction of sp³-hybridized carbons (Fsp3) is 0.235. The molecule has 0 spiro atoms. The molecule has 122 valence electrons. The van der Waals surface area contributed by atoms with Crippen molar-refractivity contribution in [2.45, 2.75) is 25.3 Å². The number of sulfonamides is 1. The van der Waals surface area contributed by atoms with E-state index in [1.165, 1.54) is 13.2 Å². The van der Waals surface area contributed by atoms with Crippen LogP contribution >= 0.6 is 0 Å². The maximum Gasteiger partial charge on any atom is 0.265 e. The molecule has 2 rings (SSSR count).